The molecule has 1 aromatic heterocycles. The Hall–Kier alpha value is -3.52. The first-order valence-corrected chi connectivity index (χ1v) is 7.41. The van der Waals surface area contributed by atoms with Crippen LogP contribution in [-0.4, -0.2) is 15.8 Å². The number of carbonyl (C=O) groups is 1. The summed E-state index contributed by atoms with van der Waals surface area (Å²) in [7, 11) is 0. The van der Waals surface area contributed by atoms with E-state index in [2.05, 4.69) is 21.4 Å². The molecule has 0 unspecified atom stereocenters. The van der Waals surface area contributed by atoms with Crippen LogP contribution in [0, 0.1) is 11.3 Å². The lowest BCUT2D eigenvalue weighted by molar-refractivity contribution is 0.103. The van der Waals surface area contributed by atoms with Crippen molar-refractivity contribution in [3.63, 3.8) is 0 Å². The summed E-state index contributed by atoms with van der Waals surface area (Å²) in [5, 5.41) is 12.0. The van der Waals surface area contributed by atoms with Crippen LogP contribution in [0.25, 0.3) is 0 Å². The highest BCUT2D eigenvalue weighted by molar-refractivity contribution is 6.08. The van der Waals surface area contributed by atoms with E-state index in [1.807, 2.05) is 30.3 Å². The Kier molecular flexibility index (Phi) is 4.59. The van der Waals surface area contributed by atoms with E-state index in [-0.39, 0.29) is 5.78 Å². The van der Waals surface area contributed by atoms with E-state index in [1.165, 1.54) is 12.4 Å². The number of nitrogens with one attached hydrogen (secondary N) is 1. The number of hydrogen-bond donors (Lipinski definition) is 1. The van der Waals surface area contributed by atoms with E-state index < -0.39 is 0 Å². The topological polar surface area (TPSA) is 78.7 Å². The van der Waals surface area contributed by atoms with Gasteiger partial charge >= 0.3 is 0 Å². The standard InChI is InChI=1S/C19H14N4O/c20-10-14-5-4-6-15(9-14)11-21-19-22-12-17(13-23-19)18(24)16-7-2-1-3-8-16/h1-9,12-13H,11H2,(H,21,22,23). The summed E-state index contributed by atoms with van der Waals surface area (Å²) < 4.78 is 0. The molecule has 24 heavy (non-hydrogen) atoms. The van der Waals surface area contributed by atoms with Gasteiger partial charge in [0.05, 0.1) is 17.2 Å². The number of nitrogens with zero attached hydrogens (tertiary/aromatic N) is 3. The maximum atomic E-state index is 12.3. The van der Waals surface area contributed by atoms with Gasteiger partial charge in [-0.2, -0.15) is 5.26 Å². The van der Waals surface area contributed by atoms with Crippen LogP contribution >= 0.6 is 0 Å². The molecule has 0 bridgehead atoms. The van der Waals surface area contributed by atoms with E-state index in [1.54, 1.807) is 24.3 Å². The van der Waals surface area contributed by atoms with E-state index in [9.17, 15) is 4.79 Å². The number of ketones is 1. The van der Waals surface area contributed by atoms with Gasteiger partial charge in [0.15, 0.2) is 5.78 Å². The number of rotatable bonds is 5. The predicted octanol–water partition coefficient (Wildman–Crippen LogP) is 3.19. The molecule has 3 aromatic rings. The highest BCUT2D eigenvalue weighted by Gasteiger charge is 2.09. The molecule has 2 aromatic carbocycles. The molecule has 0 saturated heterocycles. The van der Waals surface area contributed by atoms with Gasteiger partial charge in [-0.25, -0.2) is 9.97 Å². The molecule has 0 aliphatic rings. The van der Waals surface area contributed by atoms with Gasteiger partial charge < -0.3 is 5.32 Å². The summed E-state index contributed by atoms with van der Waals surface area (Å²) in [5.41, 5.74) is 2.62. The third-order valence-corrected chi connectivity index (χ3v) is 3.46. The zero-order valence-corrected chi connectivity index (χ0v) is 12.8. The average Bonchev–Trinajstić information content (AvgIpc) is 2.67. The summed E-state index contributed by atoms with van der Waals surface area (Å²) in [5.74, 6) is 0.325. The van der Waals surface area contributed by atoms with Crippen molar-refractivity contribution in [2.45, 2.75) is 6.54 Å². The lowest BCUT2D eigenvalue weighted by Gasteiger charge is -2.06. The fourth-order valence-corrected chi connectivity index (χ4v) is 2.22. The second-order valence-electron chi connectivity index (χ2n) is 5.16. The van der Waals surface area contributed by atoms with Gasteiger partial charge in [0.1, 0.15) is 0 Å². The molecule has 0 spiro atoms. The molecule has 3 rings (SSSR count). The molecule has 1 N–H and O–H groups in total. The van der Waals surface area contributed by atoms with Crippen LogP contribution < -0.4 is 5.32 Å². The summed E-state index contributed by atoms with van der Waals surface area (Å²) in [6.07, 6.45) is 3.02. The van der Waals surface area contributed by atoms with Gasteiger partial charge in [-0.1, -0.05) is 42.5 Å². The number of anilines is 1. The van der Waals surface area contributed by atoms with Crippen molar-refractivity contribution in [1.29, 1.82) is 5.26 Å². The van der Waals surface area contributed by atoms with Crippen LogP contribution in [0.15, 0.2) is 67.0 Å². The third-order valence-electron chi connectivity index (χ3n) is 3.46. The van der Waals surface area contributed by atoms with Gasteiger partial charge in [0, 0.05) is 24.5 Å². The van der Waals surface area contributed by atoms with E-state index in [0.717, 1.165) is 5.56 Å². The van der Waals surface area contributed by atoms with Crippen LogP contribution in [0.1, 0.15) is 27.0 Å². The normalized spacial score (nSPS) is 9.96. The minimum Gasteiger partial charge on any atom is -0.350 e. The molecule has 0 radical (unpaired) electrons. The van der Waals surface area contributed by atoms with Crippen LogP contribution in [0.3, 0.4) is 0 Å². The number of benzene rings is 2. The molecular formula is C19H14N4O. The Labute approximate surface area is 139 Å². The Morgan fingerprint density at radius 1 is 1.00 bits per heavy atom. The van der Waals surface area contributed by atoms with Gasteiger partial charge in [0.25, 0.3) is 0 Å². The average molecular weight is 314 g/mol. The van der Waals surface area contributed by atoms with Crippen molar-refractivity contribution < 1.29 is 4.79 Å². The zero-order chi connectivity index (χ0) is 16.8. The van der Waals surface area contributed by atoms with Crippen molar-refractivity contribution in [3.05, 3.63) is 89.2 Å². The second-order valence-corrected chi connectivity index (χ2v) is 5.16. The Morgan fingerprint density at radius 2 is 1.75 bits per heavy atom. The van der Waals surface area contributed by atoms with E-state index >= 15 is 0 Å². The maximum Gasteiger partial charge on any atom is 0.222 e. The zero-order valence-electron chi connectivity index (χ0n) is 12.8. The van der Waals surface area contributed by atoms with E-state index in [4.69, 9.17) is 5.26 Å². The summed E-state index contributed by atoms with van der Waals surface area (Å²) in [6.45, 7) is 0.501. The molecule has 0 amide bonds. The fourth-order valence-electron chi connectivity index (χ4n) is 2.22. The first kappa shape index (κ1) is 15.4. The van der Waals surface area contributed by atoms with Crippen LogP contribution in [-0.2, 0) is 6.54 Å². The quantitative estimate of drug-likeness (QED) is 0.732. The number of hydrogen-bond acceptors (Lipinski definition) is 5. The molecule has 5 nitrogen and oxygen atoms in total. The smallest absolute Gasteiger partial charge is 0.222 e. The Morgan fingerprint density at radius 3 is 2.46 bits per heavy atom. The fraction of sp³-hybridized carbons (Fsp3) is 0.0526. The molecule has 0 fully saturated rings. The molecule has 0 atom stereocenters. The minimum atomic E-state index is -0.108. The minimum absolute atomic E-state index is 0.108. The van der Waals surface area contributed by atoms with Crippen molar-refractivity contribution in [2.24, 2.45) is 0 Å². The largest absolute Gasteiger partial charge is 0.350 e. The summed E-state index contributed by atoms with van der Waals surface area (Å²) in [4.78, 5) is 20.6. The summed E-state index contributed by atoms with van der Waals surface area (Å²) in [6, 6.07) is 18.4. The molecule has 5 heteroatoms. The molecular weight excluding hydrogens is 300 g/mol. The van der Waals surface area contributed by atoms with Crippen molar-refractivity contribution in [3.8, 4) is 6.07 Å². The molecule has 116 valence electrons. The number of nitriles is 1. The van der Waals surface area contributed by atoms with Gasteiger partial charge in [0.2, 0.25) is 5.95 Å². The molecule has 0 saturated carbocycles. The predicted molar refractivity (Wildman–Crippen MR) is 90.4 cm³/mol. The van der Waals surface area contributed by atoms with E-state index in [0.29, 0.717) is 29.2 Å². The van der Waals surface area contributed by atoms with Gasteiger partial charge in [-0.05, 0) is 17.7 Å². The first-order chi connectivity index (χ1) is 11.8. The van der Waals surface area contributed by atoms with Crippen LogP contribution in [0.4, 0.5) is 5.95 Å². The third kappa shape index (κ3) is 3.62. The lowest BCUT2D eigenvalue weighted by atomic mass is 10.1. The van der Waals surface area contributed by atoms with Crippen molar-refractivity contribution in [2.75, 3.05) is 5.32 Å². The van der Waals surface area contributed by atoms with Crippen molar-refractivity contribution in [1.82, 2.24) is 9.97 Å². The Bertz CT molecular complexity index is 883. The molecule has 0 aliphatic carbocycles. The van der Waals surface area contributed by atoms with Crippen LogP contribution in [0.2, 0.25) is 0 Å². The van der Waals surface area contributed by atoms with Crippen LogP contribution in [0.5, 0.6) is 0 Å². The first-order valence-electron chi connectivity index (χ1n) is 7.41. The Balaban J connectivity index is 1.66. The summed E-state index contributed by atoms with van der Waals surface area (Å²) >= 11 is 0. The molecule has 0 aliphatic heterocycles. The highest BCUT2D eigenvalue weighted by Crippen LogP contribution is 2.10. The molecule has 1 heterocycles. The monoisotopic (exact) mass is 314 g/mol. The number of aromatic nitrogens is 2. The SMILES string of the molecule is N#Cc1cccc(CNc2ncc(C(=O)c3ccccc3)cn2)c1. The highest BCUT2D eigenvalue weighted by atomic mass is 16.1. The number of carbonyl (C=O) groups excluding carboxylic acids is 1. The lowest BCUT2D eigenvalue weighted by Crippen LogP contribution is -2.07. The van der Waals surface area contributed by atoms with Gasteiger partial charge in [-0.15, -0.1) is 0 Å². The maximum absolute atomic E-state index is 12.3. The van der Waals surface area contributed by atoms with Gasteiger partial charge in [-0.3, -0.25) is 4.79 Å². The van der Waals surface area contributed by atoms with Crippen molar-refractivity contribution >= 4 is 11.7 Å². The second kappa shape index (κ2) is 7.16.